The fraction of sp³-hybridized carbons (Fsp3) is 0.833. The van der Waals surface area contributed by atoms with Gasteiger partial charge < -0.3 is 16.0 Å². The highest BCUT2D eigenvalue weighted by Crippen LogP contribution is 2.11. The standard InChI is InChI=1S/C12H25N3O2/c1-6-7-12(4,13)11(17)15(5)8-10(16)14-9(2)3/h9H,6-8,13H2,1-5H3,(H,14,16). The quantitative estimate of drug-likeness (QED) is 0.713. The Morgan fingerprint density at radius 1 is 1.41 bits per heavy atom. The van der Waals surface area contributed by atoms with Crippen LogP contribution in [0.5, 0.6) is 0 Å². The summed E-state index contributed by atoms with van der Waals surface area (Å²) in [5, 5.41) is 2.74. The smallest absolute Gasteiger partial charge is 0.242 e. The molecule has 0 rings (SSSR count). The minimum Gasteiger partial charge on any atom is -0.352 e. The predicted molar refractivity (Wildman–Crippen MR) is 68.4 cm³/mol. The summed E-state index contributed by atoms with van der Waals surface area (Å²) in [5.74, 6) is -0.360. The molecule has 0 aliphatic carbocycles. The number of amides is 2. The molecule has 0 aromatic heterocycles. The number of carbonyl (C=O) groups excluding carboxylic acids is 2. The zero-order valence-corrected chi connectivity index (χ0v) is 11.5. The monoisotopic (exact) mass is 243 g/mol. The molecule has 1 atom stereocenters. The van der Waals surface area contributed by atoms with E-state index in [0.717, 1.165) is 6.42 Å². The van der Waals surface area contributed by atoms with Gasteiger partial charge >= 0.3 is 0 Å². The molecule has 17 heavy (non-hydrogen) atoms. The van der Waals surface area contributed by atoms with E-state index in [1.807, 2.05) is 20.8 Å². The lowest BCUT2D eigenvalue weighted by molar-refractivity contribution is -0.139. The predicted octanol–water partition coefficient (Wildman–Crippen LogP) is 0.487. The summed E-state index contributed by atoms with van der Waals surface area (Å²) in [5.41, 5.74) is 5.04. The van der Waals surface area contributed by atoms with E-state index < -0.39 is 5.54 Å². The largest absolute Gasteiger partial charge is 0.352 e. The van der Waals surface area contributed by atoms with Gasteiger partial charge in [0.25, 0.3) is 0 Å². The maximum Gasteiger partial charge on any atom is 0.242 e. The molecule has 100 valence electrons. The lowest BCUT2D eigenvalue weighted by Crippen LogP contribution is -2.54. The van der Waals surface area contributed by atoms with Crippen LogP contribution < -0.4 is 11.1 Å². The highest BCUT2D eigenvalue weighted by Gasteiger charge is 2.30. The third-order valence-corrected chi connectivity index (χ3v) is 2.44. The number of nitrogens with one attached hydrogen (secondary N) is 1. The summed E-state index contributed by atoms with van der Waals surface area (Å²) in [6.07, 6.45) is 1.45. The number of carbonyl (C=O) groups is 2. The Hall–Kier alpha value is -1.10. The molecule has 5 heteroatoms. The number of hydrogen-bond donors (Lipinski definition) is 2. The van der Waals surface area contributed by atoms with Crippen molar-refractivity contribution in [1.82, 2.24) is 10.2 Å². The van der Waals surface area contributed by atoms with Gasteiger partial charge in [-0.3, -0.25) is 9.59 Å². The van der Waals surface area contributed by atoms with E-state index in [4.69, 9.17) is 5.73 Å². The molecule has 1 unspecified atom stereocenters. The Bertz CT molecular complexity index is 275. The van der Waals surface area contributed by atoms with Gasteiger partial charge in [-0.1, -0.05) is 13.3 Å². The molecular formula is C12H25N3O2. The summed E-state index contributed by atoms with van der Waals surface area (Å²) >= 11 is 0. The molecule has 0 saturated carbocycles. The van der Waals surface area contributed by atoms with Gasteiger partial charge in [-0.15, -0.1) is 0 Å². The van der Waals surface area contributed by atoms with Crippen LogP contribution in [0.25, 0.3) is 0 Å². The minimum absolute atomic E-state index is 0.0491. The summed E-state index contributed by atoms with van der Waals surface area (Å²) in [7, 11) is 1.60. The van der Waals surface area contributed by atoms with Crippen LogP contribution in [0.1, 0.15) is 40.5 Å². The molecular weight excluding hydrogens is 218 g/mol. The second kappa shape index (κ2) is 6.59. The molecule has 2 amide bonds. The van der Waals surface area contributed by atoms with Crippen LogP contribution >= 0.6 is 0 Å². The van der Waals surface area contributed by atoms with Crippen LogP contribution in [0.4, 0.5) is 0 Å². The van der Waals surface area contributed by atoms with E-state index in [1.54, 1.807) is 14.0 Å². The van der Waals surface area contributed by atoms with Crippen LogP contribution in [-0.4, -0.2) is 41.9 Å². The highest BCUT2D eigenvalue weighted by molar-refractivity contribution is 5.89. The molecule has 5 nitrogen and oxygen atoms in total. The van der Waals surface area contributed by atoms with Crippen molar-refractivity contribution < 1.29 is 9.59 Å². The summed E-state index contributed by atoms with van der Waals surface area (Å²) < 4.78 is 0. The van der Waals surface area contributed by atoms with E-state index in [0.29, 0.717) is 6.42 Å². The summed E-state index contributed by atoms with van der Waals surface area (Å²) in [6.45, 7) is 7.49. The van der Waals surface area contributed by atoms with Crippen molar-refractivity contribution in [2.75, 3.05) is 13.6 Å². The molecule has 3 N–H and O–H groups in total. The summed E-state index contributed by atoms with van der Waals surface area (Å²) in [4.78, 5) is 24.9. The number of likely N-dealkylation sites (N-methyl/N-ethyl adjacent to an activating group) is 1. The van der Waals surface area contributed by atoms with Crippen molar-refractivity contribution in [2.24, 2.45) is 5.73 Å². The summed E-state index contributed by atoms with van der Waals surface area (Å²) in [6, 6.07) is 0.0749. The number of hydrogen-bond acceptors (Lipinski definition) is 3. The topological polar surface area (TPSA) is 75.4 Å². The van der Waals surface area contributed by atoms with Crippen LogP contribution in [0, 0.1) is 0 Å². The Labute approximate surface area is 104 Å². The molecule has 0 fully saturated rings. The Morgan fingerprint density at radius 3 is 2.35 bits per heavy atom. The van der Waals surface area contributed by atoms with Crippen molar-refractivity contribution >= 4 is 11.8 Å². The molecule has 0 aromatic rings. The zero-order valence-electron chi connectivity index (χ0n) is 11.5. The van der Waals surface area contributed by atoms with Crippen molar-refractivity contribution in [3.63, 3.8) is 0 Å². The van der Waals surface area contributed by atoms with E-state index in [-0.39, 0.29) is 24.4 Å². The highest BCUT2D eigenvalue weighted by atomic mass is 16.2. The van der Waals surface area contributed by atoms with Gasteiger partial charge in [-0.05, 0) is 27.2 Å². The molecule has 0 spiro atoms. The van der Waals surface area contributed by atoms with E-state index >= 15 is 0 Å². The lowest BCUT2D eigenvalue weighted by Gasteiger charge is -2.28. The fourth-order valence-corrected chi connectivity index (χ4v) is 1.72. The van der Waals surface area contributed by atoms with Gasteiger partial charge in [0.2, 0.25) is 11.8 Å². The Morgan fingerprint density at radius 2 is 1.94 bits per heavy atom. The molecule has 0 saturated heterocycles. The van der Waals surface area contributed by atoms with Crippen molar-refractivity contribution in [3.05, 3.63) is 0 Å². The molecule has 0 aromatic carbocycles. The minimum atomic E-state index is -0.887. The fourth-order valence-electron chi connectivity index (χ4n) is 1.72. The number of nitrogens with two attached hydrogens (primary N) is 1. The first-order chi connectivity index (χ1) is 7.70. The second-order valence-electron chi connectivity index (χ2n) is 5.05. The normalized spacial score (nSPS) is 14.3. The Kier molecular flexibility index (Phi) is 6.16. The van der Waals surface area contributed by atoms with Gasteiger partial charge in [0.1, 0.15) is 0 Å². The van der Waals surface area contributed by atoms with E-state index in [1.165, 1.54) is 4.90 Å². The molecule has 0 aliphatic rings. The van der Waals surface area contributed by atoms with E-state index in [9.17, 15) is 9.59 Å². The van der Waals surface area contributed by atoms with Crippen molar-refractivity contribution in [2.45, 2.75) is 52.1 Å². The third kappa shape index (κ3) is 5.68. The zero-order chi connectivity index (χ0) is 13.6. The van der Waals surface area contributed by atoms with Crippen LogP contribution in [0.15, 0.2) is 0 Å². The maximum absolute atomic E-state index is 12.0. The average Bonchev–Trinajstić information content (AvgIpc) is 2.14. The lowest BCUT2D eigenvalue weighted by atomic mass is 9.96. The SMILES string of the molecule is CCCC(C)(N)C(=O)N(C)CC(=O)NC(C)C. The van der Waals surface area contributed by atoms with Gasteiger partial charge in [0.05, 0.1) is 12.1 Å². The third-order valence-electron chi connectivity index (χ3n) is 2.44. The average molecular weight is 243 g/mol. The number of rotatable bonds is 6. The first-order valence-corrected chi connectivity index (χ1v) is 6.04. The number of nitrogens with zero attached hydrogens (tertiary/aromatic N) is 1. The molecule has 0 radical (unpaired) electrons. The van der Waals surface area contributed by atoms with E-state index in [2.05, 4.69) is 5.32 Å². The second-order valence-corrected chi connectivity index (χ2v) is 5.05. The first-order valence-electron chi connectivity index (χ1n) is 6.04. The van der Waals surface area contributed by atoms with Gasteiger partial charge in [0, 0.05) is 13.1 Å². The maximum atomic E-state index is 12.0. The van der Waals surface area contributed by atoms with Gasteiger partial charge in [-0.25, -0.2) is 0 Å². The van der Waals surface area contributed by atoms with Crippen LogP contribution in [-0.2, 0) is 9.59 Å². The van der Waals surface area contributed by atoms with Crippen molar-refractivity contribution in [3.8, 4) is 0 Å². The molecule has 0 aliphatic heterocycles. The Balaban J connectivity index is 4.36. The van der Waals surface area contributed by atoms with Crippen LogP contribution in [0.2, 0.25) is 0 Å². The van der Waals surface area contributed by atoms with Crippen LogP contribution in [0.3, 0.4) is 0 Å². The van der Waals surface area contributed by atoms with Crippen molar-refractivity contribution in [1.29, 1.82) is 0 Å². The van der Waals surface area contributed by atoms with Gasteiger partial charge in [0.15, 0.2) is 0 Å². The van der Waals surface area contributed by atoms with Gasteiger partial charge in [-0.2, -0.15) is 0 Å². The molecule has 0 heterocycles. The first kappa shape index (κ1) is 15.9. The molecule has 0 bridgehead atoms.